The minimum Gasteiger partial charge on any atom is -0.451 e. The summed E-state index contributed by atoms with van der Waals surface area (Å²) in [5.74, 6) is -1.55. The van der Waals surface area contributed by atoms with Crippen LogP contribution in [0.4, 0.5) is 10.1 Å². The summed E-state index contributed by atoms with van der Waals surface area (Å²) in [7, 11) is 1.47. The number of carbonyl (C=O) groups excluding carboxylic acids is 2. The van der Waals surface area contributed by atoms with Gasteiger partial charge in [-0.05, 0) is 36.2 Å². The van der Waals surface area contributed by atoms with Crippen molar-refractivity contribution < 1.29 is 23.5 Å². The third-order valence-electron chi connectivity index (χ3n) is 4.22. The van der Waals surface area contributed by atoms with Gasteiger partial charge in [-0.15, -0.1) is 11.3 Å². The van der Waals surface area contributed by atoms with Crippen molar-refractivity contribution in [2.75, 3.05) is 19.0 Å². The van der Waals surface area contributed by atoms with Crippen molar-refractivity contribution in [1.29, 1.82) is 0 Å². The molecule has 1 N–H and O–H groups in total. The number of methoxy groups -OCH3 is 1. The summed E-state index contributed by atoms with van der Waals surface area (Å²) in [5.41, 5.74) is 2.22. The van der Waals surface area contributed by atoms with E-state index in [0.29, 0.717) is 21.3 Å². The van der Waals surface area contributed by atoms with E-state index in [1.165, 1.54) is 13.2 Å². The van der Waals surface area contributed by atoms with Crippen molar-refractivity contribution >= 4 is 39.0 Å². The highest BCUT2D eigenvalue weighted by atomic mass is 32.1. The number of amides is 1. The number of carbonyl (C=O) groups is 2. The Morgan fingerprint density at radius 3 is 2.57 bits per heavy atom. The number of hydrogen-bond acceptors (Lipinski definition) is 5. The summed E-state index contributed by atoms with van der Waals surface area (Å²) >= 11 is 1.12. The van der Waals surface area contributed by atoms with E-state index in [1.807, 2.05) is 19.1 Å². The summed E-state index contributed by atoms with van der Waals surface area (Å²) in [4.78, 5) is 24.8. The molecule has 0 radical (unpaired) electrons. The molecule has 0 atom stereocenters. The highest BCUT2D eigenvalue weighted by molar-refractivity contribution is 7.21. The van der Waals surface area contributed by atoms with E-state index in [0.717, 1.165) is 23.3 Å². The molecule has 0 saturated heterocycles. The second-order valence-corrected chi connectivity index (χ2v) is 7.18. The molecule has 0 saturated carbocycles. The fourth-order valence-corrected chi connectivity index (χ4v) is 3.95. The summed E-state index contributed by atoms with van der Waals surface area (Å²) in [6.45, 7) is 1.68. The zero-order valence-corrected chi connectivity index (χ0v) is 16.4. The highest BCUT2D eigenvalue weighted by Crippen LogP contribution is 2.34. The lowest BCUT2D eigenvalue weighted by Gasteiger charge is -2.08. The summed E-state index contributed by atoms with van der Waals surface area (Å²) in [6, 6.07) is 12.1. The number of aryl methyl sites for hydroxylation is 1. The summed E-state index contributed by atoms with van der Waals surface area (Å²) in [6.07, 6.45) is 0.908. The van der Waals surface area contributed by atoms with Crippen LogP contribution < -0.4 is 5.32 Å². The van der Waals surface area contributed by atoms with Crippen LogP contribution >= 0.6 is 11.3 Å². The fraction of sp³-hybridized carbons (Fsp3) is 0.238. The molecular formula is C21H20FNO4S. The van der Waals surface area contributed by atoms with Gasteiger partial charge in [-0.2, -0.15) is 0 Å². The van der Waals surface area contributed by atoms with Gasteiger partial charge in [-0.1, -0.05) is 25.1 Å². The van der Waals surface area contributed by atoms with Gasteiger partial charge >= 0.3 is 5.97 Å². The van der Waals surface area contributed by atoms with Crippen LogP contribution in [-0.2, 0) is 27.3 Å². The maximum atomic E-state index is 14.2. The Hall–Kier alpha value is -2.77. The predicted molar refractivity (Wildman–Crippen MR) is 107 cm³/mol. The number of fused-ring (bicyclic) bond motifs is 1. The normalized spacial score (nSPS) is 10.8. The van der Waals surface area contributed by atoms with Crippen LogP contribution in [0, 0.1) is 5.82 Å². The fourth-order valence-electron chi connectivity index (χ4n) is 2.83. The first-order valence-corrected chi connectivity index (χ1v) is 9.59. The number of hydrogen-bond donors (Lipinski definition) is 1. The minimum absolute atomic E-state index is 0.0708. The van der Waals surface area contributed by atoms with Gasteiger partial charge in [0.25, 0.3) is 5.91 Å². The van der Waals surface area contributed by atoms with Crippen molar-refractivity contribution in [1.82, 2.24) is 0 Å². The molecule has 1 heterocycles. The van der Waals surface area contributed by atoms with Gasteiger partial charge in [0.1, 0.15) is 10.7 Å². The zero-order valence-electron chi connectivity index (χ0n) is 15.6. The van der Waals surface area contributed by atoms with Crippen molar-refractivity contribution in [3.8, 4) is 0 Å². The Balaban J connectivity index is 1.69. The molecule has 0 fully saturated rings. The largest absolute Gasteiger partial charge is 0.451 e. The van der Waals surface area contributed by atoms with E-state index in [4.69, 9.17) is 9.47 Å². The number of anilines is 1. The summed E-state index contributed by atoms with van der Waals surface area (Å²) in [5, 5.41) is 3.03. The third kappa shape index (κ3) is 4.37. The lowest BCUT2D eigenvalue weighted by Crippen LogP contribution is -2.21. The molecule has 1 amide bonds. The SMILES string of the molecule is CCc1ccc(NC(=O)COC(=O)c2sc3cccc(F)c3c2COC)cc1. The van der Waals surface area contributed by atoms with Gasteiger partial charge in [0, 0.05) is 28.4 Å². The second-order valence-electron chi connectivity index (χ2n) is 6.13. The quantitative estimate of drug-likeness (QED) is 0.590. The van der Waals surface area contributed by atoms with Gasteiger partial charge in [0.15, 0.2) is 6.61 Å². The molecule has 3 rings (SSSR count). The molecule has 146 valence electrons. The number of thiophene rings is 1. The lowest BCUT2D eigenvalue weighted by atomic mass is 10.1. The molecule has 3 aromatic rings. The van der Waals surface area contributed by atoms with Crippen molar-refractivity contribution in [2.45, 2.75) is 20.0 Å². The Labute approximate surface area is 166 Å². The van der Waals surface area contributed by atoms with Crippen LogP contribution in [-0.4, -0.2) is 25.6 Å². The first kappa shape index (κ1) is 20.0. The molecule has 28 heavy (non-hydrogen) atoms. The van der Waals surface area contributed by atoms with Crippen molar-refractivity contribution in [3.05, 3.63) is 64.3 Å². The average Bonchev–Trinajstić information content (AvgIpc) is 3.07. The van der Waals surface area contributed by atoms with E-state index >= 15 is 0 Å². The first-order chi connectivity index (χ1) is 13.5. The molecule has 0 aliphatic rings. The number of esters is 1. The first-order valence-electron chi connectivity index (χ1n) is 8.78. The number of ether oxygens (including phenoxy) is 2. The Morgan fingerprint density at radius 2 is 1.89 bits per heavy atom. The topological polar surface area (TPSA) is 64.6 Å². The van der Waals surface area contributed by atoms with Gasteiger partial charge < -0.3 is 14.8 Å². The number of benzene rings is 2. The molecule has 1 aromatic heterocycles. The van der Waals surface area contributed by atoms with E-state index in [1.54, 1.807) is 24.3 Å². The van der Waals surface area contributed by atoms with Crippen molar-refractivity contribution in [3.63, 3.8) is 0 Å². The van der Waals surface area contributed by atoms with E-state index in [9.17, 15) is 14.0 Å². The monoisotopic (exact) mass is 401 g/mol. The van der Waals surface area contributed by atoms with E-state index < -0.39 is 24.3 Å². The molecule has 0 aliphatic carbocycles. The predicted octanol–water partition coefficient (Wildman–Crippen LogP) is 4.54. The third-order valence-corrected chi connectivity index (χ3v) is 5.39. The Kier molecular flexibility index (Phi) is 6.38. The molecule has 5 nitrogen and oxygen atoms in total. The van der Waals surface area contributed by atoms with Gasteiger partial charge in [0.2, 0.25) is 0 Å². The second kappa shape index (κ2) is 8.95. The minimum atomic E-state index is -0.677. The molecule has 2 aromatic carbocycles. The zero-order chi connectivity index (χ0) is 20.1. The Bertz CT molecular complexity index is 998. The molecule has 0 spiro atoms. The summed E-state index contributed by atoms with van der Waals surface area (Å²) < 4.78 is 25.1. The van der Waals surface area contributed by atoms with Gasteiger partial charge in [-0.3, -0.25) is 4.79 Å². The van der Waals surface area contributed by atoms with Gasteiger partial charge in [-0.25, -0.2) is 9.18 Å². The molecule has 0 unspecified atom stereocenters. The number of rotatable bonds is 7. The van der Waals surface area contributed by atoms with E-state index in [-0.39, 0.29) is 11.5 Å². The molecular weight excluding hydrogens is 381 g/mol. The number of halogens is 1. The molecule has 7 heteroatoms. The maximum absolute atomic E-state index is 14.2. The van der Waals surface area contributed by atoms with Crippen LogP contribution in [0.3, 0.4) is 0 Å². The van der Waals surface area contributed by atoms with E-state index in [2.05, 4.69) is 5.32 Å². The van der Waals surface area contributed by atoms with Crippen LogP contribution in [0.1, 0.15) is 27.7 Å². The lowest BCUT2D eigenvalue weighted by molar-refractivity contribution is -0.119. The standard InChI is InChI=1S/C21H20FNO4S/c1-3-13-7-9-14(10-8-13)23-18(24)12-27-21(25)20-15(11-26-2)19-16(22)5-4-6-17(19)28-20/h4-10H,3,11-12H2,1-2H3,(H,23,24). The van der Waals surface area contributed by atoms with Crippen LogP contribution in [0.5, 0.6) is 0 Å². The van der Waals surface area contributed by atoms with Crippen LogP contribution in [0.2, 0.25) is 0 Å². The molecule has 0 aliphatic heterocycles. The average molecular weight is 401 g/mol. The highest BCUT2D eigenvalue weighted by Gasteiger charge is 2.22. The van der Waals surface area contributed by atoms with Crippen molar-refractivity contribution in [2.24, 2.45) is 0 Å². The van der Waals surface area contributed by atoms with Crippen LogP contribution in [0.25, 0.3) is 10.1 Å². The number of nitrogens with one attached hydrogen (secondary N) is 1. The van der Waals surface area contributed by atoms with Crippen LogP contribution in [0.15, 0.2) is 42.5 Å². The Morgan fingerprint density at radius 1 is 1.14 bits per heavy atom. The smallest absolute Gasteiger partial charge is 0.349 e. The maximum Gasteiger partial charge on any atom is 0.349 e. The molecule has 0 bridgehead atoms. The van der Waals surface area contributed by atoms with Gasteiger partial charge in [0.05, 0.1) is 6.61 Å².